The lowest BCUT2D eigenvalue weighted by Gasteiger charge is -2.12. The number of carbonyl (C=O) groups is 1. The van der Waals surface area contributed by atoms with Gasteiger partial charge in [-0.3, -0.25) is 9.59 Å². The van der Waals surface area contributed by atoms with Gasteiger partial charge in [0.05, 0.1) is 23.7 Å². The second kappa shape index (κ2) is 10.2. The summed E-state index contributed by atoms with van der Waals surface area (Å²) in [6.45, 7) is 5.58. The lowest BCUT2D eigenvalue weighted by molar-refractivity contribution is -0.132. The zero-order valence-electron chi connectivity index (χ0n) is 17.3. The van der Waals surface area contributed by atoms with Crippen LogP contribution in [-0.2, 0) is 11.2 Å². The Hall–Kier alpha value is -2.52. The molecule has 0 aliphatic rings. The molecule has 0 saturated carbocycles. The molecule has 0 saturated heterocycles. The van der Waals surface area contributed by atoms with Crippen molar-refractivity contribution in [1.29, 1.82) is 0 Å². The van der Waals surface area contributed by atoms with Crippen LogP contribution in [0.25, 0.3) is 10.9 Å². The van der Waals surface area contributed by atoms with Gasteiger partial charge in [-0.25, -0.2) is 4.98 Å². The minimum atomic E-state index is -0.446. The SMILES string of the molecule is CCCc1nc2ccc(Br)cc2c(=O)n1N=Cc1cc(OCC)c(OC(C)=O)cc1Br. The molecule has 0 bridgehead atoms. The molecule has 2 aromatic carbocycles. The van der Waals surface area contributed by atoms with Crippen molar-refractivity contribution in [3.8, 4) is 11.5 Å². The van der Waals surface area contributed by atoms with Gasteiger partial charge in [0.15, 0.2) is 11.5 Å². The third-order valence-corrected chi connectivity index (χ3v) is 5.46. The van der Waals surface area contributed by atoms with Crippen molar-refractivity contribution in [2.75, 3.05) is 6.61 Å². The summed E-state index contributed by atoms with van der Waals surface area (Å²) >= 11 is 6.87. The minimum Gasteiger partial charge on any atom is -0.490 e. The van der Waals surface area contributed by atoms with Crippen LogP contribution >= 0.6 is 31.9 Å². The highest BCUT2D eigenvalue weighted by molar-refractivity contribution is 9.10. The molecule has 0 fully saturated rings. The number of hydrogen-bond donors (Lipinski definition) is 0. The molecule has 7 nitrogen and oxygen atoms in total. The highest BCUT2D eigenvalue weighted by atomic mass is 79.9. The van der Waals surface area contributed by atoms with Gasteiger partial charge in [-0.2, -0.15) is 9.78 Å². The molecule has 162 valence electrons. The van der Waals surface area contributed by atoms with Gasteiger partial charge in [0.2, 0.25) is 0 Å². The van der Waals surface area contributed by atoms with Crippen LogP contribution in [0.5, 0.6) is 11.5 Å². The van der Waals surface area contributed by atoms with E-state index in [4.69, 9.17) is 9.47 Å². The molecule has 3 aromatic rings. The highest BCUT2D eigenvalue weighted by Crippen LogP contribution is 2.33. The molecule has 0 aliphatic heterocycles. The van der Waals surface area contributed by atoms with Crippen LogP contribution in [0.15, 0.2) is 49.2 Å². The Kier molecular flexibility index (Phi) is 7.61. The van der Waals surface area contributed by atoms with Crippen molar-refractivity contribution >= 4 is 54.9 Å². The molecule has 0 radical (unpaired) electrons. The number of hydrogen-bond acceptors (Lipinski definition) is 6. The van der Waals surface area contributed by atoms with E-state index in [9.17, 15) is 9.59 Å². The van der Waals surface area contributed by atoms with E-state index in [-0.39, 0.29) is 5.56 Å². The number of aryl methyl sites for hydroxylation is 1. The quantitative estimate of drug-likeness (QED) is 0.233. The second-order valence-electron chi connectivity index (χ2n) is 6.65. The van der Waals surface area contributed by atoms with E-state index in [0.717, 1.165) is 10.9 Å². The molecule has 31 heavy (non-hydrogen) atoms. The monoisotopic (exact) mass is 549 g/mol. The van der Waals surface area contributed by atoms with E-state index in [1.54, 1.807) is 24.4 Å². The van der Waals surface area contributed by atoms with E-state index in [1.807, 2.05) is 26.0 Å². The smallest absolute Gasteiger partial charge is 0.308 e. The lowest BCUT2D eigenvalue weighted by Crippen LogP contribution is -2.22. The Bertz CT molecular complexity index is 1220. The maximum Gasteiger partial charge on any atom is 0.308 e. The fourth-order valence-electron chi connectivity index (χ4n) is 2.97. The summed E-state index contributed by atoms with van der Waals surface area (Å²) in [4.78, 5) is 29.1. The van der Waals surface area contributed by atoms with Crippen LogP contribution in [0.2, 0.25) is 0 Å². The molecule has 9 heteroatoms. The van der Waals surface area contributed by atoms with E-state index >= 15 is 0 Å². The first-order valence-corrected chi connectivity index (χ1v) is 11.3. The van der Waals surface area contributed by atoms with Gasteiger partial charge in [-0.15, -0.1) is 0 Å². The zero-order valence-corrected chi connectivity index (χ0v) is 20.5. The van der Waals surface area contributed by atoms with Crippen molar-refractivity contribution in [1.82, 2.24) is 9.66 Å². The van der Waals surface area contributed by atoms with E-state index < -0.39 is 5.97 Å². The third kappa shape index (κ3) is 5.40. The fourth-order valence-corrected chi connectivity index (χ4v) is 3.76. The van der Waals surface area contributed by atoms with Crippen LogP contribution in [0.4, 0.5) is 0 Å². The predicted molar refractivity (Wildman–Crippen MR) is 127 cm³/mol. The van der Waals surface area contributed by atoms with E-state index in [2.05, 4.69) is 41.9 Å². The number of benzene rings is 2. The van der Waals surface area contributed by atoms with Crippen LogP contribution < -0.4 is 15.0 Å². The second-order valence-corrected chi connectivity index (χ2v) is 8.42. The van der Waals surface area contributed by atoms with Gasteiger partial charge in [0.1, 0.15) is 5.82 Å². The van der Waals surface area contributed by atoms with Crippen LogP contribution in [-0.4, -0.2) is 28.5 Å². The lowest BCUT2D eigenvalue weighted by atomic mass is 10.2. The van der Waals surface area contributed by atoms with Gasteiger partial charge < -0.3 is 9.47 Å². The molecular weight excluding hydrogens is 530 g/mol. The molecule has 0 atom stereocenters. The van der Waals surface area contributed by atoms with Crippen molar-refractivity contribution in [2.24, 2.45) is 5.10 Å². The number of nitrogens with zero attached hydrogens (tertiary/aromatic N) is 3. The average Bonchev–Trinajstić information content (AvgIpc) is 2.71. The number of fused-ring (bicyclic) bond motifs is 1. The zero-order chi connectivity index (χ0) is 22.5. The first kappa shape index (κ1) is 23.1. The first-order chi connectivity index (χ1) is 14.8. The average molecular weight is 551 g/mol. The van der Waals surface area contributed by atoms with Gasteiger partial charge in [0.25, 0.3) is 5.56 Å². The summed E-state index contributed by atoms with van der Waals surface area (Å²) in [5.74, 6) is 0.846. The Labute approximate surface area is 196 Å². The maximum atomic E-state index is 13.1. The number of aromatic nitrogens is 2. The molecule has 3 rings (SSSR count). The normalized spacial score (nSPS) is 11.3. The summed E-state index contributed by atoms with van der Waals surface area (Å²) in [5, 5.41) is 4.91. The van der Waals surface area contributed by atoms with E-state index in [1.165, 1.54) is 11.6 Å². The van der Waals surface area contributed by atoms with Gasteiger partial charge in [-0.1, -0.05) is 22.9 Å². The molecule has 0 amide bonds. The minimum absolute atomic E-state index is 0.247. The summed E-state index contributed by atoms with van der Waals surface area (Å²) in [6, 6.07) is 8.75. The first-order valence-electron chi connectivity index (χ1n) is 9.74. The molecule has 0 aliphatic carbocycles. The number of carbonyl (C=O) groups excluding carboxylic acids is 1. The summed E-state index contributed by atoms with van der Waals surface area (Å²) in [7, 11) is 0. The van der Waals surface area contributed by atoms with Crippen molar-refractivity contribution in [3.05, 3.63) is 61.0 Å². The summed E-state index contributed by atoms with van der Waals surface area (Å²) < 4.78 is 13.6. The maximum absolute atomic E-state index is 13.1. The number of ether oxygens (including phenoxy) is 2. The van der Waals surface area contributed by atoms with Gasteiger partial charge >= 0.3 is 5.97 Å². The molecule has 0 unspecified atom stereocenters. The fraction of sp³-hybridized carbons (Fsp3) is 0.273. The van der Waals surface area contributed by atoms with Crippen molar-refractivity contribution < 1.29 is 14.3 Å². The molecular formula is C22H21Br2N3O4. The predicted octanol–water partition coefficient (Wildman–Crippen LogP) is 5.08. The van der Waals surface area contributed by atoms with Crippen molar-refractivity contribution in [2.45, 2.75) is 33.6 Å². The Morgan fingerprint density at radius 2 is 1.97 bits per heavy atom. The standard InChI is InChI=1S/C22H21Br2N3O4/c1-4-6-21-26-18-8-7-15(23)10-16(18)22(29)27(21)25-12-14-9-19(30-5-2)20(11-17(14)24)31-13(3)28/h7-12H,4-6H2,1-3H3. The largest absolute Gasteiger partial charge is 0.490 e. The Morgan fingerprint density at radius 3 is 2.65 bits per heavy atom. The summed E-state index contributed by atoms with van der Waals surface area (Å²) in [6.07, 6.45) is 2.98. The topological polar surface area (TPSA) is 82.8 Å². The van der Waals surface area contributed by atoms with Crippen LogP contribution in [0.3, 0.4) is 0 Å². The molecule has 0 N–H and O–H groups in total. The highest BCUT2D eigenvalue weighted by Gasteiger charge is 2.13. The summed E-state index contributed by atoms with van der Waals surface area (Å²) in [5.41, 5.74) is 1.04. The number of esters is 1. The van der Waals surface area contributed by atoms with E-state index in [0.29, 0.717) is 51.3 Å². The molecule has 1 aromatic heterocycles. The van der Waals surface area contributed by atoms with Crippen LogP contribution in [0.1, 0.15) is 38.6 Å². The molecule has 0 spiro atoms. The van der Waals surface area contributed by atoms with Gasteiger partial charge in [0, 0.05) is 27.9 Å². The number of halogens is 2. The van der Waals surface area contributed by atoms with Crippen molar-refractivity contribution in [3.63, 3.8) is 0 Å². The van der Waals surface area contributed by atoms with Crippen LogP contribution in [0, 0.1) is 0 Å². The molecule has 1 heterocycles. The Morgan fingerprint density at radius 1 is 1.19 bits per heavy atom. The number of rotatable bonds is 7. The van der Waals surface area contributed by atoms with Gasteiger partial charge in [-0.05, 0) is 59.6 Å². The third-order valence-electron chi connectivity index (χ3n) is 4.28. The Balaban J connectivity index is 2.11.